The molecule has 0 saturated carbocycles. The van der Waals surface area contributed by atoms with E-state index in [0.29, 0.717) is 34.8 Å². The Labute approximate surface area is 197 Å². The van der Waals surface area contributed by atoms with Gasteiger partial charge in [-0.05, 0) is 55.7 Å². The lowest BCUT2D eigenvalue weighted by Gasteiger charge is -2.13. The molecule has 0 unspecified atom stereocenters. The lowest BCUT2D eigenvalue weighted by Crippen LogP contribution is -2.24. The van der Waals surface area contributed by atoms with Crippen molar-refractivity contribution in [3.63, 3.8) is 0 Å². The smallest absolute Gasteiger partial charge is 0.323 e. The van der Waals surface area contributed by atoms with Gasteiger partial charge in [0, 0.05) is 29.8 Å². The van der Waals surface area contributed by atoms with Gasteiger partial charge in [-0.1, -0.05) is 31.2 Å². The molecule has 0 aliphatic carbocycles. The summed E-state index contributed by atoms with van der Waals surface area (Å²) in [7, 11) is 0. The number of hydrogen-bond acceptors (Lipinski definition) is 5. The zero-order valence-electron chi connectivity index (χ0n) is 19.3. The average molecular weight is 458 g/mol. The van der Waals surface area contributed by atoms with Gasteiger partial charge in [0.2, 0.25) is 0 Å². The predicted octanol–water partition coefficient (Wildman–Crippen LogP) is 4.87. The largest absolute Gasteiger partial charge is 0.352 e. The number of benzene rings is 2. The van der Waals surface area contributed by atoms with Crippen LogP contribution in [0.3, 0.4) is 0 Å². The number of para-hydroxylation sites is 1. The van der Waals surface area contributed by atoms with Crippen molar-refractivity contribution in [1.29, 1.82) is 0 Å². The average Bonchev–Trinajstić information content (AvgIpc) is 3.17. The van der Waals surface area contributed by atoms with Crippen LogP contribution in [0.4, 0.5) is 27.7 Å². The molecule has 4 rings (SSSR count). The SMILES string of the molecule is CCCNC(=O)c1cn2ncnc(Nc3cc(NC(=O)Nc4ccccc4)ccc3C)c2c1C. The Morgan fingerprint density at radius 1 is 1.00 bits per heavy atom. The van der Waals surface area contributed by atoms with Crippen LogP contribution in [0, 0.1) is 13.8 Å². The number of fused-ring (bicyclic) bond motifs is 1. The van der Waals surface area contributed by atoms with E-state index >= 15 is 0 Å². The number of carbonyl (C=O) groups excluding carboxylic acids is 2. The maximum atomic E-state index is 12.6. The van der Waals surface area contributed by atoms with Gasteiger partial charge in [0.1, 0.15) is 11.8 Å². The Morgan fingerprint density at radius 2 is 1.76 bits per heavy atom. The molecule has 0 bridgehead atoms. The number of nitrogens with zero attached hydrogens (tertiary/aromatic N) is 3. The zero-order valence-corrected chi connectivity index (χ0v) is 19.3. The van der Waals surface area contributed by atoms with Gasteiger partial charge < -0.3 is 21.3 Å². The topological polar surface area (TPSA) is 112 Å². The molecule has 3 amide bonds. The first-order valence-corrected chi connectivity index (χ1v) is 11.1. The number of amides is 3. The van der Waals surface area contributed by atoms with Crippen molar-refractivity contribution in [3.8, 4) is 0 Å². The Kier molecular flexibility index (Phi) is 6.72. The Morgan fingerprint density at radius 3 is 2.53 bits per heavy atom. The van der Waals surface area contributed by atoms with Gasteiger partial charge in [0.25, 0.3) is 5.91 Å². The molecule has 2 aromatic carbocycles. The fourth-order valence-corrected chi connectivity index (χ4v) is 3.59. The second kappa shape index (κ2) is 10.0. The van der Waals surface area contributed by atoms with Crippen LogP contribution < -0.4 is 21.3 Å². The van der Waals surface area contributed by atoms with Gasteiger partial charge in [-0.15, -0.1) is 0 Å². The van der Waals surface area contributed by atoms with E-state index in [2.05, 4.69) is 31.3 Å². The van der Waals surface area contributed by atoms with Crippen molar-refractivity contribution in [2.24, 2.45) is 0 Å². The first-order valence-electron chi connectivity index (χ1n) is 11.1. The molecule has 9 heteroatoms. The lowest BCUT2D eigenvalue weighted by molar-refractivity contribution is 0.0953. The number of aryl methyl sites for hydroxylation is 2. The van der Waals surface area contributed by atoms with Crippen LogP contribution >= 0.6 is 0 Å². The Bertz CT molecular complexity index is 1330. The minimum Gasteiger partial charge on any atom is -0.352 e. The van der Waals surface area contributed by atoms with Crippen molar-refractivity contribution < 1.29 is 9.59 Å². The van der Waals surface area contributed by atoms with E-state index in [0.717, 1.165) is 23.2 Å². The highest BCUT2D eigenvalue weighted by molar-refractivity contribution is 6.01. The third-order valence-electron chi connectivity index (χ3n) is 5.39. The molecular weight excluding hydrogens is 430 g/mol. The zero-order chi connectivity index (χ0) is 24.1. The van der Waals surface area contributed by atoms with Crippen molar-refractivity contribution in [2.45, 2.75) is 27.2 Å². The summed E-state index contributed by atoms with van der Waals surface area (Å²) < 4.78 is 1.65. The number of hydrogen-bond donors (Lipinski definition) is 4. The summed E-state index contributed by atoms with van der Waals surface area (Å²) in [5.74, 6) is 0.429. The molecule has 0 radical (unpaired) electrons. The van der Waals surface area contributed by atoms with Crippen molar-refractivity contribution in [2.75, 3.05) is 22.5 Å². The molecular formula is C25H27N7O2. The van der Waals surface area contributed by atoms with E-state index in [4.69, 9.17) is 0 Å². The number of anilines is 4. The second-order valence-corrected chi connectivity index (χ2v) is 7.93. The highest BCUT2D eigenvalue weighted by Crippen LogP contribution is 2.28. The van der Waals surface area contributed by atoms with Crippen molar-refractivity contribution in [1.82, 2.24) is 19.9 Å². The molecule has 0 aliphatic rings. The summed E-state index contributed by atoms with van der Waals surface area (Å²) >= 11 is 0. The first-order chi connectivity index (χ1) is 16.5. The number of rotatable bonds is 7. The number of aromatic nitrogens is 3. The number of urea groups is 1. The van der Waals surface area contributed by atoms with Gasteiger partial charge in [-0.2, -0.15) is 5.10 Å². The van der Waals surface area contributed by atoms with E-state index < -0.39 is 0 Å². The molecule has 0 atom stereocenters. The molecule has 0 fully saturated rings. The number of carbonyl (C=O) groups is 2. The quantitative estimate of drug-likeness (QED) is 0.316. The lowest BCUT2D eigenvalue weighted by atomic mass is 10.1. The van der Waals surface area contributed by atoms with E-state index in [1.807, 2.05) is 69.3 Å². The summed E-state index contributed by atoms with van der Waals surface area (Å²) in [6.45, 7) is 6.46. The van der Waals surface area contributed by atoms with Crippen LogP contribution in [0.15, 0.2) is 61.1 Å². The third-order valence-corrected chi connectivity index (χ3v) is 5.39. The van der Waals surface area contributed by atoms with Crippen LogP contribution in [-0.4, -0.2) is 33.1 Å². The van der Waals surface area contributed by atoms with Crippen LogP contribution in [-0.2, 0) is 0 Å². The molecule has 9 nitrogen and oxygen atoms in total. The molecule has 2 heterocycles. The Hall–Kier alpha value is -4.40. The normalized spacial score (nSPS) is 10.7. The van der Waals surface area contributed by atoms with Gasteiger partial charge >= 0.3 is 6.03 Å². The van der Waals surface area contributed by atoms with Crippen LogP contribution in [0.1, 0.15) is 34.8 Å². The van der Waals surface area contributed by atoms with Crippen LogP contribution in [0.5, 0.6) is 0 Å². The molecule has 0 aliphatic heterocycles. The molecule has 0 saturated heterocycles. The van der Waals surface area contributed by atoms with Crippen LogP contribution in [0.25, 0.3) is 5.52 Å². The second-order valence-electron chi connectivity index (χ2n) is 7.93. The van der Waals surface area contributed by atoms with E-state index in [-0.39, 0.29) is 11.9 Å². The molecule has 2 aromatic heterocycles. The molecule has 174 valence electrons. The summed E-state index contributed by atoms with van der Waals surface area (Å²) in [4.78, 5) is 29.4. The van der Waals surface area contributed by atoms with Crippen molar-refractivity contribution in [3.05, 3.63) is 77.7 Å². The first kappa shape index (κ1) is 22.8. The standard InChI is InChI=1S/C25H27N7O2/c1-4-12-26-24(33)20-14-32-22(17(20)3)23(27-15-28-32)31-21-13-19(11-10-16(21)2)30-25(34)29-18-8-6-5-7-9-18/h5-11,13-15H,4,12H2,1-3H3,(H,26,33)(H,27,28,31)(H2,29,30,34). The number of nitrogens with one attached hydrogen (secondary N) is 4. The maximum absolute atomic E-state index is 12.6. The fraction of sp³-hybridized carbons (Fsp3) is 0.200. The highest BCUT2D eigenvalue weighted by atomic mass is 16.2. The summed E-state index contributed by atoms with van der Waals surface area (Å²) in [5.41, 5.74) is 5.12. The molecule has 34 heavy (non-hydrogen) atoms. The monoisotopic (exact) mass is 457 g/mol. The summed E-state index contributed by atoms with van der Waals surface area (Å²) in [5, 5.41) is 16.2. The van der Waals surface area contributed by atoms with Gasteiger partial charge in [-0.3, -0.25) is 4.79 Å². The van der Waals surface area contributed by atoms with E-state index in [1.165, 1.54) is 6.33 Å². The minimum atomic E-state index is -0.337. The van der Waals surface area contributed by atoms with Gasteiger partial charge in [0.15, 0.2) is 5.82 Å². The van der Waals surface area contributed by atoms with Crippen molar-refractivity contribution >= 4 is 40.3 Å². The molecule has 4 N–H and O–H groups in total. The van der Waals surface area contributed by atoms with Crippen LogP contribution in [0.2, 0.25) is 0 Å². The predicted molar refractivity (Wildman–Crippen MR) is 134 cm³/mol. The minimum absolute atomic E-state index is 0.136. The fourth-order valence-electron chi connectivity index (χ4n) is 3.59. The highest BCUT2D eigenvalue weighted by Gasteiger charge is 2.18. The summed E-state index contributed by atoms with van der Waals surface area (Å²) in [6.07, 6.45) is 4.01. The van der Waals surface area contributed by atoms with Gasteiger partial charge in [-0.25, -0.2) is 14.3 Å². The van der Waals surface area contributed by atoms with Gasteiger partial charge in [0.05, 0.1) is 5.56 Å². The molecule has 0 spiro atoms. The summed E-state index contributed by atoms with van der Waals surface area (Å²) in [6, 6.07) is 14.5. The van der Waals surface area contributed by atoms with E-state index in [1.54, 1.807) is 10.7 Å². The third kappa shape index (κ3) is 4.98. The molecule has 4 aromatic rings. The maximum Gasteiger partial charge on any atom is 0.323 e. The van der Waals surface area contributed by atoms with E-state index in [9.17, 15) is 9.59 Å². The Balaban J connectivity index is 1.57.